The van der Waals surface area contributed by atoms with E-state index in [-0.39, 0.29) is 11.4 Å². The number of aromatic nitrogens is 2. The third-order valence-electron chi connectivity index (χ3n) is 4.55. The maximum Gasteiger partial charge on any atom is 0.266 e. The molecule has 1 heterocycles. The molecule has 0 unspecified atom stereocenters. The van der Waals surface area contributed by atoms with E-state index in [1.54, 1.807) is 54.6 Å². The van der Waals surface area contributed by atoms with E-state index in [4.69, 9.17) is 16.3 Å². The van der Waals surface area contributed by atoms with Gasteiger partial charge in [0.05, 0.1) is 23.7 Å². The highest BCUT2D eigenvalue weighted by Crippen LogP contribution is 2.27. The quantitative estimate of drug-likeness (QED) is 0.434. The van der Waals surface area contributed by atoms with Crippen molar-refractivity contribution in [2.75, 3.05) is 7.11 Å². The van der Waals surface area contributed by atoms with Crippen molar-refractivity contribution in [2.24, 2.45) is 0 Å². The molecule has 150 valence electrons. The fourth-order valence-electron chi connectivity index (χ4n) is 3.12. The zero-order valence-corrected chi connectivity index (χ0v) is 16.5. The predicted octanol–water partition coefficient (Wildman–Crippen LogP) is 5.50. The van der Waals surface area contributed by atoms with E-state index in [0.29, 0.717) is 32.9 Å². The van der Waals surface area contributed by atoms with Crippen LogP contribution < -0.4 is 10.3 Å². The first-order valence-electron chi connectivity index (χ1n) is 8.97. The molecule has 4 nitrogen and oxygen atoms in total. The van der Waals surface area contributed by atoms with Crippen LogP contribution in [-0.4, -0.2) is 16.7 Å². The predicted molar refractivity (Wildman–Crippen MR) is 114 cm³/mol. The van der Waals surface area contributed by atoms with Crippen LogP contribution in [0.3, 0.4) is 0 Å². The topological polar surface area (TPSA) is 44.1 Å². The molecular formula is C23H15ClF2N2O2. The van der Waals surface area contributed by atoms with Gasteiger partial charge in [-0.15, -0.1) is 0 Å². The largest absolute Gasteiger partial charge is 0.495 e. The molecule has 7 heteroatoms. The lowest BCUT2D eigenvalue weighted by molar-refractivity contribution is 0.412. The van der Waals surface area contributed by atoms with Gasteiger partial charge in [-0.05, 0) is 54.1 Å². The molecule has 0 radical (unpaired) electrons. The zero-order valence-electron chi connectivity index (χ0n) is 15.8. The van der Waals surface area contributed by atoms with E-state index in [9.17, 15) is 13.6 Å². The molecule has 0 aliphatic heterocycles. The van der Waals surface area contributed by atoms with Gasteiger partial charge in [0.15, 0.2) is 11.6 Å². The van der Waals surface area contributed by atoms with E-state index in [1.807, 2.05) is 0 Å². The Balaban J connectivity index is 1.98. The first-order chi connectivity index (χ1) is 14.5. The van der Waals surface area contributed by atoms with Gasteiger partial charge >= 0.3 is 0 Å². The maximum absolute atomic E-state index is 13.6. The Labute approximate surface area is 175 Å². The lowest BCUT2D eigenvalue weighted by Gasteiger charge is -2.15. The van der Waals surface area contributed by atoms with Gasteiger partial charge in [0.25, 0.3) is 5.56 Å². The van der Waals surface area contributed by atoms with Crippen LogP contribution in [0.2, 0.25) is 5.02 Å². The highest BCUT2D eigenvalue weighted by Gasteiger charge is 2.15. The Morgan fingerprint density at radius 3 is 2.57 bits per heavy atom. The van der Waals surface area contributed by atoms with E-state index >= 15 is 0 Å². The number of halogens is 3. The summed E-state index contributed by atoms with van der Waals surface area (Å²) in [4.78, 5) is 17.9. The molecule has 0 aliphatic carbocycles. The first kappa shape index (κ1) is 19.8. The maximum atomic E-state index is 13.6. The Hall–Kier alpha value is -3.51. The van der Waals surface area contributed by atoms with Crippen molar-refractivity contribution in [3.63, 3.8) is 0 Å². The molecule has 0 bridgehead atoms. The Kier molecular flexibility index (Phi) is 5.33. The van der Waals surface area contributed by atoms with Crippen LogP contribution in [0.5, 0.6) is 5.75 Å². The minimum atomic E-state index is -0.961. The molecule has 4 aromatic rings. The van der Waals surface area contributed by atoms with Crippen LogP contribution in [0, 0.1) is 11.6 Å². The summed E-state index contributed by atoms with van der Waals surface area (Å²) in [6, 6.07) is 15.4. The molecule has 0 aliphatic rings. The molecule has 0 fully saturated rings. The molecule has 1 aromatic heterocycles. The first-order valence-corrected chi connectivity index (χ1v) is 9.34. The summed E-state index contributed by atoms with van der Waals surface area (Å²) >= 11 is 6.17. The third-order valence-corrected chi connectivity index (χ3v) is 4.79. The molecule has 0 spiro atoms. The normalized spacial score (nSPS) is 11.3. The van der Waals surface area contributed by atoms with E-state index < -0.39 is 11.6 Å². The SMILES string of the molecule is COc1ccc(Cl)cc1-n1c(C=Cc2ccc(F)c(F)c2)nc2ccccc2c1=O. The van der Waals surface area contributed by atoms with Crippen molar-refractivity contribution >= 4 is 34.7 Å². The van der Waals surface area contributed by atoms with Gasteiger partial charge in [-0.25, -0.2) is 13.8 Å². The van der Waals surface area contributed by atoms with Crippen molar-refractivity contribution < 1.29 is 13.5 Å². The lowest BCUT2D eigenvalue weighted by atomic mass is 10.2. The number of methoxy groups -OCH3 is 1. The van der Waals surface area contributed by atoms with E-state index in [1.165, 1.54) is 17.7 Å². The van der Waals surface area contributed by atoms with Crippen LogP contribution in [0.1, 0.15) is 11.4 Å². The highest BCUT2D eigenvalue weighted by atomic mass is 35.5. The highest BCUT2D eigenvalue weighted by molar-refractivity contribution is 6.30. The van der Waals surface area contributed by atoms with Gasteiger partial charge in [-0.1, -0.05) is 35.9 Å². The fourth-order valence-corrected chi connectivity index (χ4v) is 3.29. The Morgan fingerprint density at radius 1 is 1.00 bits per heavy atom. The summed E-state index contributed by atoms with van der Waals surface area (Å²) < 4.78 is 33.6. The molecular weight excluding hydrogens is 410 g/mol. The molecule has 0 saturated carbocycles. The summed E-state index contributed by atoms with van der Waals surface area (Å²) in [5.41, 5.74) is 1.02. The smallest absolute Gasteiger partial charge is 0.266 e. The van der Waals surface area contributed by atoms with Crippen molar-refractivity contribution in [1.82, 2.24) is 9.55 Å². The van der Waals surface area contributed by atoms with Crippen molar-refractivity contribution in [3.8, 4) is 11.4 Å². The lowest BCUT2D eigenvalue weighted by Crippen LogP contribution is -2.22. The van der Waals surface area contributed by atoms with Crippen LogP contribution in [0.4, 0.5) is 8.78 Å². The monoisotopic (exact) mass is 424 g/mol. The van der Waals surface area contributed by atoms with Crippen LogP contribution in [0.15, 0.2) is 65.5 Å². The van der Waals surface area contributed by atoms with Gasteiger partial charge in [-0.2, -0.15) is 0 Å². The van der Waals surface area contributed by atoms with Gasteiger partial charge < -0.3 is 4.74 Å². The number of benzene rings is 3. The number of nitrogens with zero attached hydrogens (tertiary/aromatic N) is 2. The minimum absolute atomic E-state index is 0.281. The van der Waals surface area contributed by atoms with Crippen LogP contribution >= 0.6 is 11.6 Å². The molecule has 0 atom stereocenters. The second kappa shape index (κ2) is 8.08. The summed E-state index contributed by atoms with van der Waals surface area (Å²) in [5.74, 6) is -1.18. The summed E-state index contributed by atoms with van der Waals surface area (Å²) in [5, 5.41) is 0.839. The molecule has 0 saturated heterocycles. The standard InChI is InChI=1S/C23H15ClF2N2O2/c1-30-21-10-8-15(24)13-20(21)28-22(11-7-14-6-9-17(25)18(26)12-14)27-19-5-3-2-4-16(19)23(28)29/h2-13H,1H3. The Morgan fingerprint density at radius 2 is 1.80 bits per heavy atom. The fraction of sp³-hybridized carbons (Fsp3) is 0.0435. The van der Waals surface area contributed by atoms with Crippen molar-refractivity contribution in [1.29, 1.82) is 0 Å². The summed E-state index contributed by atoms with van der Waals surface area (Å²) in [6.45, 7) is 0. The van der Waals surface area contributed by atoms with E-state index in [2.05, 4.69) is 4.98 Å². The van der Waals surface area contributed by atoms with Gasteiger partial charge in [0, 0.05) is 5.02 Å². The molecule has 0 N–H and O–H groups in total. The number of para-hydroxylation sites is 1. The second-order valence-electron chi connectivity index (χ2n) is 6.45. The number of hydrogen-bond donors (Lipinski definition) is 0. The van der Waals surface area contributed by atoms with Crippen LogP contribution in [-0.2, 0) is 0 Å². The number of hydrogen-bond acceptors (Lipinski definition) is 3. The third kappa shape index (κ3) is 3.69. The number of rotatable bonds is 4. The molecule has 3 aromatic carbocycles. The van der Waals surface area contributed by atoms with Crippen molar-refractivity contribution in [2.45, 2.75) is 0 Å². The van der Waals surface area contributed by atoms with Gasteiger partial charge in [0.2, 0.25) is 0 Å². The molecule has 0 amide bonds. The minimum Gasteiger partial charge on any atom is -0.495 e. The van der Waals surface area contributed by atoms with E-state index in [0.717, 1.165) is 12.1 Å². The number of fused-ring (bicyclic) bond motifs is 1. The number of ether oxygens (including phenoxy) is 1. The summed E-state index contributed by atoms with van der Waals surface area (Å²) in [6.07, 6.45) is 3.10. The van der Waals surface area contributed by atoms with Gasteiger partial charge in [-0.3, -0.25) is 9.36 Å². The van der Waals surface area contributed by atoms with Crippen molar-refractivity contribution in [3.05, 3.63) is 99.1 Å². The van der Waals surface area contributed by atoms with Gasteiger partial charge in [0.1, 0.15) is 11.6 Å². The average Bonchev–Trinajstić information content (AvgIpc) is 2.75. The Bertz CT molecular complexity index is 1350. The molecule has 4 rings (SSSR count). The average molecular weight is 425 g/mol. The second-order valence-corrected chi connectivity index (χ2v) is 6.89. The summed E-state index contributed by atoms with van der Waals surface area (Å²) in [7, 11) is 1.49. The zero-order chi connectivity index (χ0) is 21.3. The molecule has 30 heavy (non-hydrogen) atoms. The van der Waals surface area contributed by atoms with Crippen LogP contribution in [0.25, 0.3) is 28.7 Å².